The van der Waals surface area contributed by atoms with E-state index >= 15 is 0 Å². The molecule has 0 spiro atoms. The number of rotatable bonds is 4. The Balaban J connectivity index is 1.29. The number of hydrogen-bond donors (Lipinski definition) is 0. The highest BCUT2D eigenvalue weighted by molar-refractivity contribution is 6.26. The van der Waals surface area contributed by atoms with Gasteiger partial charge in [0.1, 0.15) is 34.5 Å². The van der Waals surface area contributed by atoms with Gasteiger partial charge in [0.05, 0.1) is 67.0 Å². The number of hydrogen-bond acceptors (Lipinski definition) is 5. The summed E-state index contributed by atoms with van der Waals surface area (Å²) in [5, 5.41) is 41.2. The summed E-state index contributed by atoms with van der Waals surface area (Å²) in [5.41, 5.74) is 11.4. The largest absolute Gasteiger partial charge is 0.455 e. The first kappa shape index (κ1) is 35.4. The average molecular weight is 816 g/mol. The topological polar surface area (TPSA) is 108 Å². The third kappa shape index (κ3) is 4.71. The standard InChI is InChI=1S/C57H29N5O2/c58-30-33-22-24-35(25-23-33)50-42(31-59)54(61-44-18-8-4-16-40(44)52-46(61)28-26-38-36-14-6-10-20-48(36)63-56(38)52)51(34-12-2-1-3-13-34)55(43(50)32-60)62-45-19-9-5-17-41(45)53-47(62)29-27-39-37-15-7-11-21-49(37)64-57(39)53/h1-29H. The third-order valence-corrected chi connectivity index (χ3v) is 12.8. The number of nitriles is 3. The van der Waals surface area contributed by atoms with Crippen molar-refractivity contribution in [2.24, 2.45) is 0 Å². The number of fused-ring (bicyclic) bond motifs is 14. The predicted octanol–water partition coefficient (Wildman–Crippen LogP) is 14.6. The van der Waals surface area contributed by atoms with Crippen LogP contribution in [0.3, 0.4) is 0 Å². The van der Waals surface area contributed by atoms with Gasteiger partial charge in [-0.1, -0.05) is 115 Å². The highest BCUT2D eigenvalue weighted by Crippen LogP contribution is 2.50. The number of para-hydroxylation sites is 4. The molecular weight excluding hydrogens is 787 g/mol. The number of furan rings is 2. The van der Waals surface area contributed by atoms with E-state index in [1.165, 1.54) is 0 Å². The lowest BCUT2D eigenvalue weighted by atomic mass is 9.86. The second kappa shape index (κ2) is 13.3. The van der Waals surface area contributed by atoms with Crippen molar-refractivity contribution in [2.45, 2.75) is 0 Å². The summed E-state index contributed by atoms with van der Waals surface area (Å²) in [7, 11) is 0. The van der Waals surface area contributed by atoms with Crippen LogP contribution in [0.2, 0.25) is 0 Å². The van der Waals surface area contributed by atoms with E-state index in [0.29, 0.717) is 44.8 Å². The van der Waals surface area contributed by atoms with Crippen LogP contribution in [0.1, 0.15) is 16.7 Å². The molecule has 4 heterocycles. The zero-order chi connectivity index (χ0) is 42.6. The van der Waals surface area contributed by atoms with Crippen LogP contribution in [0.5, 0.6) is 0 Å². The van der Waals surface area contributed by atoms with Crippen LogP contribution in [0.25, 0.3) is 121 Å². The van der Waals surface area contributed by atoms with Crippen molar-refractivity contribution >= 4 is 87.5 Å². The Morgan fingerprint density at radius 1 is 0.344 bits per heavy atom. The Labute approximate surface area is 364 Å². The second-order valence-corrected chi connectivity index (χ2v) is 16.1. The van der Waals surface area contributed by atoms with Gasteiger partial charge < -0.3 is 18.0 Å². The smallest absolute Gasteiger partial charge is 0.145 e. The van der Waals surface area contributed by atoms with Crippen LogP contribution in [-0.4, -0.2) is 9.13 Å². The molecule has 64 heavy (non-hydrogen) atoms. The predicted molar refractivity (Wildman–Crippen MR) is 255 cm³/mol. The molecule has 0 N–H and O–H groups in total. The number of benzene rings is 9. The summed E-state index contributed by atoms with van der Waals surface area (Å²) in [6, 6.07) is 65.7. The van der Waals surface area contributed by atoms with Crippen molar-refractivity contribution in [3.63, 3.8) is 0 Å². The fourth-order valence-corrected chi connectivity index (χ4v) is 10.2. The Bertz CT molecular complexity index is 4050. The molecule has 0 aliphatic heterocycles. The van der Waals surface area contributed by atoms with Crippen molar-refractivity contribution in [3.05, 3.63) is 193 Å². The zero-order valence-electron chi connectivity index (χ0n) is 33.8. The summed E-state index contributed by atoms with van der Waals surface area (Å²) < 4.78 is 17.8. The first-order chi connectivity index (χ1) is 31.7. The van der Waals surface area contributed by atoms with Crippen molar-refractivity contribution < 1.29 is 8.83 Å². The van der Waals surface area contributed by atoms with Crippen LogP contribution in [0, 0.1) is 34.0 Å². The molecule has 294 valence electrons. The van der Waals surface area contributed by atoms with Crippen molar-refractivity contribution in [1.82, 2.24) is 9.13 Å². The van der Waals surface area contributed by atoms with Crippen molar-refractivity contribution in [2.75, 3.05) is 0 Å². The van der Waals surface area contributed by atoms with Crippen LogP contribution in [0.15, 0.2) is 185 Å². The Hall–Kier alpha value is -9.35. The van der Waals surface area contributed by atoms with Gasteiger partial charge in [-0.05, 0) is 71.8 Å². The van der Waals surface area contributed by atoms with E-state index in [4.69, 9.17) is 8.83 Å². The molecule has 0 aliphatic carbocycles. The fourth-order valence-electron chi connectivity index (χ4n) is 10.2. The van der Waals surface area contributed by atoms with Gasteiger partial charge >= 0.3 is 0 Å². The molecule has 0 amide bonds. The third-order valence-electron chi connectivity index (χ3n) is 12.8. The molecule has 0 saturated heterocycles. The normalized spacial score (nSPS) is 11.7. The average Bonchev–Trinajstić information content (AvgIpc) is 4.11. The monoisotopic (exact) mass is 815 g/mol. The molecule has 13 aromatic rings. The summed E-state index contributed by atoms with van der Waals surface area (Å²) in [6.07, 6.45) is 0. The van der Waals surface area contributed by atoms with Gasteiger partial charge in [-0.25, -0.2) is 0 Å². The second-order valence-electron chi connectivity index (χ2n) is 16.1. The summed E-state index contributed by atoms with van der Waals surface area (Å²) >= 11 is 0. The minimum absolute atomic E-state index is 0.316. The van der Waals surface area contributed by atoms with Gasteiger partial charge in [-0.3, -0.25) is 0 Å². The Kier molecular flexibility index (Phi) is 7.37. The molecule has 0 radical (unpaired) electrons. The van der Waals surface area contributed by atoms with Gasteiger partial charge in [-0.15, -0.1) is 0 Å². The van der Waals surface area contributed by atoms with E-state index in [2.05, 4.69) is 88.0 Å². The lowest BCUT2D eigenvalue weighted by Gasteiger charge is -2.25. The molecule has 7 heteroatoms. The molecule has 9 aromatic carbocycles. The molecule has 13 rings (SSSR count). The minimum atomic E-state index is 0.316. The van der Waals surface area contributed by atoms with Gasteiger partial charge in [-0.2, -0.15) is 15.8 Å². The first-order valence-electron chi connectivity index (χ1n) is 20.9. The van der Waals surface area contributed by atoms with Crippen molar-refractivity contribution in [1.29, 1.82) is 15.8 Å². The summed E-state index contributed by atoms with van der Waals surface area (Å²) in [6.45, 7) is 0. The van der Waals surface area contributed by atoms with Crippen molar-refractivity contribution in [3.8, 4) is 51.8 Å². The molecular formula is C57H29N5O2. The lowest BCUT2D eigenvalue weighted by molar-refractivity contribution is 0.672. The molecule has 0 saturated carbocycles. The van der Waals surface area contributed by atoms with Gasteiger partial charge in [0, 0.05) is 43.4 Å². The molecule has 4 aromatic heterocycles. The van der Waals surface area contributed by atoms with Gasteiger partial charge in [0.2, 0.25) is 0 Å². The fraction of sp³-hybridized carbons (Fsp3) is 0. The SMILES string of the molecule is N#Cc1ccc(-c2c(C#N)c(-n3c4ccccc4c4c5oc6ccccc6c5ccc43)c(-c3ccccc3)c(-n3c4ccccc4c4c5oc6ccccc6c5ccc43)c2C#N)cc1. The summed E-state index contributed by atoms with van der Waals surface area (Å²) in [5.74, 6) is 0. The molecule has 0 fully saturated rings. The summed E-state index contributed by atoms with van der Waals surface area (Å²) in [4.78, 5) is 0. The maximum atomic E-state index is 11.8. The van der Waals surface area contributed by atoms with E-state index < -0.39 is 0 Å². The van der Waals surface area contributed by atoms with Crippen LogP contribution in [0.4, 0.5) is 0 Å². The highest BCUT2D eigenvalue weighted by atomic mass is 16.3. The van der Waals surface area contributed by atoms with E-state index in [1.807, 2.05) is 103 Å². The minimum Gasteiger partial charge on any atom is -0.455 e. The van der Waals surface area contributed by atoms with Crippen LogP contribution < -0.4 is 0 Å². The molecule has 0 unspecified atom stereocenters. The zero-order valence-corrected chi connectivity index (χ0v) is 33.8. The maximum absolute atomic E-state index is 11.8. The molecule has 0 atom stereocenters. The highest BCUT2D eigenvalue weighted by Gasteiger charge is 2.32. The van der Waals surface area contributed by atoms with E-state index in [-0.39, 0.29) is 0 Å². The first-order valence-corrected chi connectivity index (χ1v) is 20.9. The molecule has 0 bridgehead atoms. The van der Waals surface area contributed by atoms with E-state index in [0.717, 1.165) is 93.1 Å². The van der Waals surface area contributed by atoms with E-state index in [1.54, 1.807) is 12.1 Å². The van der Waals surface area contributed by atoms with E-state index in [9.17, 15) is 15.8 Å². The molecule has 7 nitrogen and oxygen atoms in total. The Morgan fingerprint density at radius 3 is 1.27 bits per heavy atom. The molecule has 0 aliphatic rings. The van der Waals surface area contributed by atoms with Crippen LogP contribution in [-0.2, 0) is 0 Å². The van der Waals surface area contributed by atoms with Crippen LogP contribution >= 0.6 is 0 Å². The quantitative estimate of drug-likeness (QED) is 0.176. The number of nitrogens with zero attached hydrogens (tertiary/aromatic N) is 5. The number of aromatic nitrogens is 2. The van der Waals surface area contributed by atoms with Gasteiger partial charge in [0.25, 0.3) is 0 Å². The van der Waals surface area contributed by atoms with Gasteiger partial charge in [0.15, 0.2) is 0 Å². The maximum Gasteiger partial charge on any atom is 0.145 e. The Morgan fingerprint density at radius 2 is 0.781 bits per heavy atom. The lowest BCUT2D eigenvalue weighted by Crippen LogP contribution is -2.11.